The number of ether oxygens (including phenoxy) is 1. The van der Waals surface area contributed by atoms with Crippen LogP contribution >= 0.6 is 15.9 Å². The fourth-order valence-corrected chi connectivity index (χ4v) is 2.70. The Hall–Kier alpha value is -3.52. The van der Waals surface area contributed by atoms with Crippen molar-refractivity contribution in [2.45, 2.75) is 0 Å². The van der Waals surface area contributed by atoms with Gasteiger partial charge in [0.1, 0.15) is 11.6 Å². The zero-order valence-corrected chi connectivity index (χ0v) is 17.2. The molecule has 0 unspecified atom stereocenters. The van der Waals surface area contributed by atoms with Crippen molar-refractivity contribution in [1.82, 2.24) is 5.43 Å². The van der Waals surface area contributed by atoms with Crippen molar-refractivity contribution >= 4 is 39.6 Å². The van der Waals surface area contributed by atoms with Crippen LogP contribution < -0.4 is 15.5 Å². The van der Waals surface area contributed by atoms with E-state index in [1.165, 1.54) is 24.4 Å². The van der Waals surface area contributed by atoms with E-state index < -0.39 is 11.7 Å². The van der Waals surface area contributed by atoms with Gasteiger partial charge in [0, 0.05) is 15.6 Å². The summed E-state index contributed by atoms with van der Waals surface area (Å²) in [5.41, 5.74) is 3.54. The molecular formula is C22H17BrFN3O3. The van der Waals surface area contributed by atoms with Crippen molar-refractivity contribution in [2.75, 3.05) is 11.9 Å². The Morgan fingerprint density at radius 1 is 1.00 bits per heavy atom. The molecular weight excluding hydrogens is 453 g/mol. The molecule has 0 spiro atoms. The van der Waals surface area contributed by atoms with Crippen molar-refractivity contribution in [3.63, 3.8) is 0 Å². The van der Waals surface area contributed by atoms with Gasteiger partial charge in [-0.1, -0.05) is 40.2 Å². The quantitative estimate of drug-likeness (QED) is 0.398. The van der Waals surface area contributed by atoms with Crippen LogP contribution in [0.5, 0.6) is 5.75 Å². The summed E-state index contributed by atoms with van der Waals surface area (Å²) in [4.78, 5) is 24.1. The van der Waals surface area contributed by atoms with Crippen LogP contribution in [0.3, 0.4) is 0 Å². The van der Waals surface area contributed by atoms with Crippen LogP contribution in [0.15, 0.2) is 82.4 Å². The predicted octanol–water partition coefficient (Wildman–Crippen LogP) is 4.37. The molecule has 30 heavy (non-hydrogen) atoms. The van der Waals surface area contributed by atoms with E-state index in [1.807, 2.05) is 0 Å². The van der Waals surface area contributed by atoms with Crippen LogP contribution in [0.4, 0.5) is 10.1 Å². The molecule has 2 amide bonds. The molecule has 0 fully saturated rings. The first kappa shape index (κ1) is 21.2. The third-order valence-corrected chi connectivity index (χ3v) is 4.43. The third-order valence-electron chi connectivity index (χ3n) is 3.90. The third kappa shape index (κ3) is 5.99. The topological polar surface area (TPSA) is 79.8 Å². The van der Waals surface area contributed by atoms with E-state index in [-0.39, 0.29) is 18.2 Å². The van der Waals surface area contributed by atoms with Gasteiger partial charge in [0.15, 0.2) is 6.61 Å². The van der Waals surface area contributed by atoms with E-state index in [0.717, 1.165) is 4.47 Å². The molecule has 0 aliphatic heterocycles. The summed E-state index contributed by atoms with van der Waals surface area (Å²) in [6.07, 6.45) is 1.42. The normalized spacial score (nSPS) is 10.6. The first-order chi connectivity index (χ1) is 14.5. The van der Waals surface area contributed by atoms with Gasteiger partial charge < -0.3 is 10.1 Å². The maximum absolute atomic E-state index is 13.6. The van der Waals surface area contributed by atoms with E-state index in [4.69, 9.17) is 4.74 Å². The van der Waals surface area contributed by atoms with E-state index >= 15 is 0 Å². The Kier molecular flexibility index (Phi) is 7.29. The maximum Gasteiger partial charge on any atom is 0.271 e. The monoisotopic (exact) mass is 469 g/mol. The molecule has 0 heterocycles. The fraction of sp³-hybridized carbons (Fsp3) is 0.0455. The lowest BCUT2D eigenvalue weighted by Gasteiger charge is -2.10. The number of nitrogens with zero attached hydrogens (tertiary/aromatic N) is 1. The number of carbonyl (C=O) groups is 2. The number of hydrogen-bond acceptors (Lipinski definition) is 4. The van der Waals surface area contributed by atoms with E-state index in [0.29, 0.717) is 16.9 Å². The number of nitrogens with one attached hydrogen (secondary N) is 2. The fourth-order valence-electron chi connectivity index (χ4n) is 2.44. The lowest BCUT2D eigenvalue weighted by Crippen LogP contribution is -2.21. The molecule has 0 saturated heterocycles. The summed E-state index contributed by atoms with van der Waals surface area (Å²) in [7, 11) is 0. The van der Waals surface area contributed by atoms with Gasteiger partial charge in [-0.05, 0) is 48.5 Å². The molecule has 152 valence electrons. The van der Waals surface area contributed by atoms with Gasteiger partial charge in [-0.3, -0.25) is 9.59 Å². The Morgan fingerprint density at radius 3 is 2.47 bits per heavy atom. The summed E-state index contributed by atoms with van der Waals surface area (Å²) in [6, 6.07) is 19.6. The second-order valence-corrected chi connectivity index (χ2v) is 6.98. The van der Waals surface area contributed by atoms with Crippen LogP contribution in [0.2, 0.25) is 0 Å². The lowest BCUT2D eigenvalue weighted by atomic mass is 10.2. The number of halogens is 2. The Balaban J connectivity index is 1.58. The molecule has 2 N–H and O–H groups in total. The highest BCUT2D eigenvalue weighted by molar-refractivity contribution is 9.10. The van der Waals surface area contributed by atoms with Crippen molar-refractivity contribution in [3.05, 3.63) is 94.2 Å². The van der Waals surface area contributed by atoms with Gasteiger partial charge in [0.05, 0.1) is 11.9 Å². The van der Waals surface area contributed by atoms with Crippen LogP contribution in [0, 0.1) is 5.82 Å². The lowest BCUT2D eigenvalue weighted by molar-refractivity contribution is -0.118. The van der Waals surface area contributed by atoms with Crippen LogP contribution in [-0.2, 0) is 4.79 Å². The Bertz CT molecular complexity index is 1070. The minimum atomic E-state index is -0.528. The highest BCUT2D eigenvalue weighted by Gasteiger charge is 2.09. The molecule has 8 heteroatoms. The summed E-state index contributed by atoms with van der Waals surface area (Å²) < 4.78 is 20.0. The molecule has 0 saturated carbocycles. The number of carbonyl (C=O) groups excluding carboxylic acids is 2. The zero-order chi connectivity index (χ0) is 21.3. The van der Waals surface area contributed by atoms with Gasteiger partial charge in [-0.2, -0.15) is 5.10 Å². The van der Waals surface area contributed by atoms with Crippen LogP contribution in [-0.4, -0.2) is 24.6 Å². The summed E-state index contributed by atoms with van der Waals surface area (Å²) in [5.74, 6) is -1.00. The summed E-state index contributed by atoms with van der Waals surface area (Å²) in [6.45, 7) is -0.315. The van der Waals surface area contributed by atoms with Gasteiger partial charge in [-0.25, -0.2) is 9.82 Å². The first-order valence-corrected chi connectivity index (χ1v) is 9.67. The van der Waals surface area contributed by atoms with Crippen molar-refractivity contribution in [1.29, 1.82) is 0 Å². The maximum atomic E-state index is 13.6. The molecule has 3 aromatic rings. The number of para-hydroxylation sites is 2. The highest BCUT2D eigenvalue weighted by atomic mass is 79.9. The van der Waals surface area contributed by atoms with Crippen molar-refractivity contribution in [2.24, 2.45) is 5.10 Å². The summed E-state index contributed by atoms with van der Waals surface area (Å²) >= 11 is 3.31. The average Bonchev–Trinajstić information content (AvgIpc) is 2.75. The SMILES string of the molecule is O=C(COc1ccccc1/C=N/NC(=O)c1ccc(Br)cc1)Nc1ccccc1F. The number of benzene rings is 3. The number of hydrogen-bond donors (Lipinski definition) is 2. The minimum Gasteiger partial charge on any atom is -0.483 e. The number of anilines is 1. The predicted molar refractivity (Wildman–Crippen MR) is 116 cm³/mol. The minimum absolute atomic E-state index is 0.0802. The number of hydrazone groups is 1. The Morgan fingerprint density at radius 2 is 1.70 bits per heavy atom. The first-order valence-electron chi connectivity index (χ1n) is 8.88. The molecule has 0 radical (unpaired) electrons. The van der Waals surface area contributed by atoms with Gasteiger partial charge in [0.25, 0.3) is 11.8 Å². The highest BCUT2D eigenvalue weighted by Crippen LogP contribution is 2.17. The zero-order valence-electron chi connectivity index (χ0n) is 15.6. The molecule has 0 bridgehead atoms. The molecule has 6 nitrogen and oxygen atoms in total. The molecule has 0 aromatic heterocycles. The molecule has 0 atom stereocenters. The smallest absolute Gasteiger partial charge is 0.271 e. The molecule has 0 aliphatic carbocycles. The molecule has 0 aliphatic rings. The van der Waals surface area contributed by atoms with Gasteiger partial charge >= 0.3 is 0 Å². The van der Waals surface area contributed by atoms with Gasteiger partial charge in [0.2, 0.25) is 0 Å². The molecule has 3 rings (SSSR count). The van der Waals surface area contributed by atoms with E-state index in [2.05, 4.69) is 31.8 Å². The van der Waals surface area contributed by atoms with Crippen LogP contribution in [0.1, 0.15) is 15.9 Å². The number of amides is 2. The number of rotatable bonds is 7. The molecule has 3 aromatic carbocycles. The average molecular weight is 470 g/mol. The van der Waals surface area contributed by atoms with Crippen LogP contribution in [0.25, 0.3) is 0 Å². The van der Waals surface area contributed by atoms with E-state index in [1.54, 1.807) is 54.6 Å². The van der Waals surface area contributed by atoms with E-state index in [9.17, 15) is 14.0 Å². The largest absolute Gasteiger partial charge is 0.483 e. The Labute approximate surface area is 180 Å². The second-order valence-electron chi connectivity index (χ2n) is 6.06. The second kappa shape index (κ2) is 10.3. The van der Waals surface area contributed by atoms with Crippen molar-refractivity contribution in [3.8, 4) is 5.75 Å². The van der Waals surface area contributed by atoms with Gasteiger partial charge in [-0.15, -0.1) is 0 Å². The van der Waals surface area contributed by atoms with Crippen molar-refractivity contribution < 1.29 is 18.7 Å². The standard InChI is InChI=1S/C22H17BrFN3O3/c23-17-11-9-15(10-12-17)22(29)27-25-13-16-5-1-4-8-20(16)30-14-21(28)26-19-7-3-2-6-18(19)24/h1-13H,14H2,(H,26,28)(H,27,29)/b25-13+. The summed E-state index contributed by atoms with van der Waals surface area (Å²) in [5, 5.41) is 6.39.